The molecule has 108 valence electrons. The minimum Gasteiger partial charge on any atom is -0.497 e. The molecule has 0 aliphatic heterocycles. The molecule has 0 amide bonds. The maximum Gasteiger partial charge on any atom is 0.416 e. The van der Waals surface area contributed by atoms with E-state index < -0.39 is 11.7 Å². The summed E-state index contributed by atoms with van der Waals surface area (Å²) in [6.45, 7) is 0. The predicted octanol–water partition coefficient (Wildman–Crippen LogP) is 5.07. The van der Waals surface area contributed by atoms with Gasteiger partial charge < -0.3 is 4.74 Å². The van der Waals surface area contributed by atoms with E-state index in [-0.39, 0.29) is 10.4 Å². The lowest BCUT2D eigenvalue weighted by Gasteiger charge is -2.10. The number of hydrogen-bond donors (Lipinski definition) is 0. The maximum atomic E-state index is 12.8. The van der Waals surface area contributed by atoms with Crippen LogP contribution >= 0.6 is 11.6 Å². The van der Waals surface area contributed by atoms with Crippen LogP contribution in [0, 0.1) is 0 Å². The minimum absolute atomic E-state index is 0.236. The summed E-state index contributed by atoms with van der Waals surface area (Å²) >= 11 is 6.26. The van der Waals surface area contributed by atoms with Crippen molar-refractivity contribution in [2.75, 3.05) is 7.11 Å². The zero-order chi connectivity index (χ0) is 15.2. The number of halogens is 4. The fourth-order valence-electron chi connectivity index (χ4n) is 2.18. The van der Waals surface area contributed by atoms with Gasteiger partial charge in [-0.2, -0.15) is 13.2 Å². The number of benzene rings is 2. The molecule has 0 bridgehead atoms. The number of hydrogen-bond acceptors (Lipinski definition) is 2. The van der Waals surface area contributed by atoms with Gasteiger partial charge in [0.15, 0.2) is 0 Å². The second-order valence-electron chi connectivity index (χ2n) is 4.54. The Balaban J connectivity index is 2.35. The van der Waals surface area contributed by atoms with E-state index in [4.69, 9.17) is 16.3 Å². The molecule has 0 aliphatic rings. The van der Waals surface area contributed by atoms with Gasteiger partial charge in [-0.15, -0.1) is 0 Å². The van der Waals surface area contributed by atoms with Crippen LogP contribution in [-0.4, -0.2) is 12.1 Å². The number of fused-ring (bicyclic) bond motifs is 2. The monoisotopic (exact) mass is 311 g/mol. The molecule has 1 aromatic heterocycles. The first kappa shape index (κ1) is 13.9. The summed E-state index contributed by atoms with van der Waals surface area (Å²) in [5, 5.41) is 1.06. The molecule has 1 heterocycles. The van der Waals surface area contributed by atoms with Crippen molar-refractivity contribution in [3.8, 4) is 5.75 Å². The van der Waals surface area contributed by atoms with E-state index in [0.717, 1.165) is 12.1 Å². The van der Waals surface area contributed by atoms with Gasteiger partial charge in [-0.25, -0.2) is 4.98 Å². The van der Waals surface area contributed by atoms with Gasteiger partial charge >= 0.3 is 6.18 Å². The zero-order valence-corrected chi connectivity index (χ0v) is 11.6. The molecule has 0 aliphatic carbocycles. The van der Waals surface area contributed by atoms with Crippen LogP contribution in [0.5, 0.6) is 5.75 Å². The highest BCUT2D eigenvalue weighted by molar-refractivity contribution is 6.40. The summed E-state index contributed by atoms with van der Waals surface area (Å²) in [5.41, 5.74) is 0.277. The Morgan fingerprint density at radius 2 is 1.62 bits per heavy atom. The van der Waals surface area contributed by atoms with E-state index in [9.17, 15) is 13.2 Å². The van der Waals surface area contributed by atoms with Crippen LogP contribution in [0.3, 0.4) is 0 Å². The van der Waals surface area contributed by atoms with Gasteiger partial charge in [0.25, 0.3) is 0 Å². The molecule has 0 spiro atoms. The lowest BCUT2D eigenvalue weighted by Crippen LogP contribution is -2.04. The summed E-state index contributed by atoms with van der Waals surface area (Å²) in [4.78, 5) is 4.33. The predicted molar refractivity (Wildman–Crippen MR) is 75.8 cm³/mol. The van der Waals surface area contributed by atoms with Crippen LogP contribution in [0.2, 0.25) is 5.02 Å². The van der Waals surface area contributed by atoms with Gasteiger partial charge in [0.2, 0.25) is 0 Å². The quantitative estimate of drug-likeness (QED) is 0.585. The van der Waals surface area contributed by atoms with Crippen molar-refractivity contribution in [2.45, 2.75) is 6.18 Å². The van der Waals surface area contributed by atoms with E-state index in [0.29, 0.717) is 22.2 Å². The standard InChI is InChI=1S/C15H9ClF3NO/c1-21-9-3-5-13-11(7-9)14(16)10-6-8(15(17,18)19)2-4-12(10)20-13/h2-7H,1H3. The van der Waals surface area contributed by atoms with Crippen LogP contribution in [0.1, 0.15) is 5.56 Å². The minimum atomic E-state index is -4.42. The van der Waals surface area contributed by atoms with Crippen molar-refractivity contribution in [2.24, 2.45) is 0 Å². The molecule has 0 atom stereocenters. The molecule has 0 saturated heterocycles. The van der Waals surface area contributed by atoms with Crippen LogP contribution in [0.15, 0.2) is 36.4 Å². The average molecular weight is 312 g/mol. The second kappa shape index (κ2) is 4.77. The number of alkyl halides is 3. The summed E-state index contributed by atoms with van der Waals surface area (Å²) in [5.74, 6) is 0.567. The van der Waals surface area contributed by atoms with Gasteiger partial charge in [0, 0.05) is 10.8 Å². The van der Waals surface area contributed by atoms with Crippen molar-refractivity contribution in [1.82, 2.24) is 4.98 Å². The zero-order valence-electron chi connectivity index (χ0n) is 10.8. The summed E-state index contributed by atoms with van der Waals surface area (Å²) in [6.07, 6.45) is -4.42. The van der Waals surface area contributed by atoms with E-state index in [1.165, 1.54) is 13.2 Å². The van der Waals surface area contributed by atoms with Crippen molar-refractivity contribution >= 4 is 33.4 Å². The topological polar surface area (TPSA) is 22.1 Å². The molecule has 3 aromatic rings. The van der Waals surface area contributed by atoms with Gasteiger partial charge in [-0.1, -0.05) is 11.6 Å². The van der Waals surface area contributed by atoms with Crippen molar-refractivity contribution < 1.29 is 17.9 Å². The fraction of sp³-hybridized carbons (Fsp3) is 0.133. The van der Waals surface area contributed by atoms with Crippen LogP contribution in [0.25, 0.3) is 21.8 Å². The molecule has 2 nitrogen and oxygen atoms in total. The highest BCUT2D eigenvalue weighted by atomic mass is 35.5. The molecule has 0 N–H and O–H groups in total. The number of pyridine rings is 1. The third-order valence-corrected chi connectivity index (χ3v) is 3.65. The molecule has 2 aromatic carbocycles. The Bertz CT molecular complexity index is 846. The number of aromatic nitrogens is 1. The third-order valence-electron chi connectivity index (χ3n) is 3.24. The molecular formula is C15H9ClF3NO. The molecule has 0 fully saturated rings. The maximum absolute atomic E-state index is 12.8. The molecule has 6 heteroatoms. The van der Waals surface area contributed by atoms with E-state index in [2.05, 4.69) is 4.98 Å². The van der Waals surface area contributed by atoms with Gasteiger partial charge in [0.05, 0.1) is 28.7 Å². The Labute approximate surface area is 123 Å². The first-order valence-electron chi connectivity index (χ1n) is 6.04. The lowest BCUT2D eigenvalue weighted by atomic mass is 10.1. The van der Waals surface area contributed by atoms with Crippen molar-refractivity contribution in [3.05, 3.63) is 47.0 Å². The Morgan fingerprint density at radius 3 is 2.24 bits per heavy atom. The number of rotatable bonds is 1. The lowest BCUT2D eigenvalue weighted by molar-refractivity contribution is -0.137. The first-order valence-corrected chi connectivity index (χ1v) is 6.42. The van der Waals surface area contributed by atoms with Gasteiger partial charge in [0.1, 0.15) is 5.75 Å². The summed E-state index contributed by atoms with van der Waals surface area (Å²) in [7, 11) is 1.51. The summed E-state index contributed by atoms with van der Waals surface area (Å²) < 4.78 is 43.5. The van der Waals surface area contributed by atoms with Gasteiger partial charge in [-0.05, 0) is 36.4 Å². The SMILES string of the molecule is COc1ccc2nc3ccc(C(F)(F)F)cc3c(Cl)c2c1. The molecule has 21 heavy (non-hydrogen) atoms. The molecule has 3 rings (SSSR count). The van der Waals surface area contributed by atoms with Crippen LogP contribution in [0.4, 0.5) is 13.2 Å². The number of methoxy groups -OCH3 is 1. The number of nitrogens with zero attached hydrogens (tertiary/aromatic N) is 1. The van der Waals surface area contributed by atoms with E-state index >= 15 is 0 Å². The number of ether oxygens (including phenoxy) is 1. The smallest absolute Gasteiger partial charge is 0.416 e. The molecule has 0 unspecified atom stereocenters. The van der Waals surface area contributed by atoms with E-state index in [1.54, 1.807) is 18.2 Å². The fourth-order valence-corrected chi connectivity index (χ4v) is 2.48. The molecule has 0 saturated carbocycles. The third kappa shape index (κ3) is 2.38. The van der Waals surface area contributed by atoms with Gasteiger partial charge in [-0.3, -0.25) is 0 Å². The summed E-state index contributed by atoms with van der Waals surface area (Å²) in [6, 6.07) is 8.45. The molecule has 0 radical (unpaired) electrons. The highest BCUT2D eigenvalue weighted by Crippen LogP contribution is 2.36. The first-order chi connectivity index (χ1) is 9.90. The Morgan fingerprint density at radius 1 is 1.00 bits per heavy atom. The van der Waals surface area contributed by atoms with Crippen molar-refractivity contribution in [1.29, 1.82) is 0 Å². The Kier molecular flexibility index (Phi) is 3.17. The normalized spacial score (nSPS) is 12.0. The van der Waals surface area contributed by atoms with Crippen LogP contribution < -0.4 is 4.74 Å². The average Bonchev–Trinajstić information content (AvgIpc) is 2.46. The largest absolute Gasteiger partial charge is 0.497 e. The second-order valence-corrected chi connectivity index (χ2v) is 4.92. The van der Waals surface area contributed by atoms with E-state index in [1.807, 2.05) is 0 Å². The molecular weight excluding hydrogens is 303 g/mol. The highest BCUT2D eigenvalue weighted by Gasteiger charge is 2.30. The van der Waals surface area contributed by atoms with Crippen molar-refractivity contribution in [3.63, 3.8) is 0 Å². The van der Waals surface area contributed by atoms with Crippen LogP contribution in [-0.2, 0) is 6.18 Å². The Hall–Kier alpha value is -2.01.